The van der Waals surface area contributed by atoms with Gasteiger partial charge in [-0.15, -0.1) is 6.58 Å². The van der Waals surface area contributed by atoms with E-state index in [9.17, 15) is 0 Å². The largest absolute Gasteiger partial charge is 0.493 e. The van der Waals surface area contributed by atoms with Gasteiger partial charge in [0, 0.05) is 11.1 Å². The Morgan fingerprint density at radius 3 is 2.78 bits per heavy atom. The van der Waals surface area contributed by atoms with Gasteiger partial charge in [-0.1, -0.05) is 18.2 Å². The molecule has 0 aromatic heterocycles. The van der Waals surface area contributed by atoms with Gasteiger partial charge in [0.15, 0.2) is 11.5 Å². The van der Waals surface area contributed by atoms with Crippen LogP contribution in [0.2, 0.25) is 0 Å². The summed E-state index contributed by atoms with van der Waals surface area (Å²) in [5, 5.41) is 11.6. The van der Waals surface area contributed by atoms with Crippen LogP contribution in [-0.2, 0) is 6.42 Å². The first-order valence-electron chi connectivity index (χ1n) is 5.88. The molecule has 0 fully saturated rings. The Labute approximate surface area is 108 Å². The lowest BCUT2D eigenvalue weighted by Gasteiger charge is -2.15. The molecule has 0 aliphatic carbocycles. The van der Waals surface area contributed by atoms with E-state index in [0.29, 0.717) is 18.8 Å². The van der Waals surface area contributed by atoms with Crippen molar-refractivity contribution in [2.45, 2.75) is 19.8 Å². The van der Waals surface area contributed by atoms with E-state index in [1.54, 1.807) is 19.3 Å². The first kappa shape index (κ1) is 14.1. The van der Waals surface area contributed by atoms with Gasteiger partial charge in [-0.05, 0) is 25.0 Å². The monoisotopic (exact) mass is 249 g/mol. The Balaban J connectivity index is 3.21. The van der Waals surface area contributed by atoms with E-state index < -0.39 is 0 Å². The second-order valence-electron chi connectivity index (χ2n) is 3.80. The number of oxime groups is 1. The lowest BCUT2D eigenvalue weighted by Crippen LogP contribution is -2.02. The van der Waals surface area contributed by atoms with Crippen molar-refractivity contribution in [1.29, 1.82) is 0 Å². The standard InChI is InChI=1S/C14H19NO3/c1-4-6-12-8-11(10-15-16)9-13(17-3)14(12)18-7-5-2/h4,8-10,16H,1,5-7H2,2-3H3/b15-10-. The fourth-order valence-electron chi connectivity index (χ4n) is 1.65. The maximum atomic E-state index is 8.59. The zero-order chi connectivity index (χ0) is 13.4. The Bertz CT molecular complexity index is 427. The number of benzene rings is 1. The first-order chi connectivity index (χ1) is 8.76. The van der Waals surface area contributed by atoms with E-state index in [4.69, 9.17) is 14.7 Å². The van der Waals surface area contributed by atoms with Crippen LogP contribution in [0.3, 0.4) is 0 Å². The van der Waals surface area contributed by atoms with Crippen molar-refractivity contribution in [1.82, 2.24) is 0 Å². The lowest BCUT2D eigenvalue weighted by atomic mass is 10.1. The molecule has 1 aromatic rings. The SMILES string of the molecule is C=CCc1cc(/C=N\O)cc(OC)c1OCCC. The third kappa shape index (κ3) is 3.52. The summed E-state index contributed by atoms with van der Waals surface area (Å²) >= 11 is 0. The van der Waals surface area contributed by atoms with Gasteiger partial charge in [0.2, 0.25) is 0 Å². The minimum absolute atomic E-state index is 0.633. The summed E-state index contributed by atoms with van der Waals surface area (Å²) in [7, 11) is 1.59. The molecule has 0 unspecified atom stereocenters. The van der Waals surface area contributed by atoms with Crippen LogP contribution in [0.1, 0.15) is 24.5 Å². The van der Waals surface area contributed by atoms with Crippen molar-refractivity contribution >= 4 is 6.21 Å². The molecule has 0 atom stereocenters. The van der Waals surface area contributed by atoms with Gasteiger partial charge in [0.05, 0.1) is 19.9 Å². The average Bonchev–Trinajstić information content (AvgIpc) is 2.37. The highest BCUT2D eigenvalue weighted by Crippen LogP contribution is 2.33. The molecule has 1 aromatic carbocycles. The summed E-state index contributed by atoms with van der Waals surface area (Å²) in [5.41, 5.74) is 1.72. The van der Waals surface area contributed by atoms with Crippen molar-refractivity contribution in [3.8, 4) is 11.5 Å². The number of nitrogens with zero attached hydrogens (tertiary/aromatic N) is 1. The Morgan fingerprint density at radius 2 is 2.22 bits per heavy atom. The Kier molecular flexibility index (Phi) is 5.77. The van der Waals surface area contributed by atoms with Gasteiger partial charge in [-0.3, -0.25) is 0 Å². The summed E-state index contributed by atoms with van der Waals surface area (Å²) in [6, 6.07) is 3.67. The van der Waals surface area contributed by atoms with Crippen LogP contribution in [0.5, 0.6) is 11.5 Å². The average molecular weight is 249 g/mol. The van der Waals surface area contributed by atoms with Crippen LogP contribution < -0.4 is 9.47 Å². The lowest BCUT2D eigenvalue weighted by molar-refractivity contribution is 0.291. The van der Waals surface area contributed by atoms with Crippen molar-refractivity contribution < 1.29 is 14.7 Å². The number of ether oxygens (including phenoxy) is 2. The number of methoxy groups -OCH3 is 1. The Hall–Kier alpha value is -1.97. The van der Waals surface area contributed by atoms with Gasteiger partial charge in [-0.2, -0.15) is 0 Å². The molecule has 0 aliphatic rings. The maximum Gasteiger partial charge on any atom is 0.164 e. The second kappa shape index (κ2) is 7.37. The van der Waals surface area contributed by atoms with E-state index in [1.807, 2.05) is 13.0 Å². The summed E-state index contributed by atoms with van der Waals surface area (Å²) < 4.78 is 11.0. The molecule has 4 heteroatoms. The molecule has 0 spiro atoms. The second-order valence-corrected chi connectivity index (χ2v) is 3.80. The molecule has 98 valence electrons. The quantitative estimate of drug-likeness (QED) is 0.350. The summed E-state index contributed by atoms with van der Waals surface area (Å²) in [4.78, 5) is 0. The van der Waals surface area contributed by atoms with Crippen LogP contribution >= 0.6 is 0 Å². The van der Waals surface area contributed by atoms with E-state index in [-0.39, 0.29) is 0 Å². The van der Waals surface area contributed by atoms with Crippen LogP contribution in [-0.4, -0.2) is 25.1 Å². The number of hydrogen-bond donors (Lipinski definition) is 1. The van der Waals surface area contributed by atoms with Crippen LogP contribution in [0.25, 0.3) is 0 Å². The van der Waals surface area contributed by atoms with E-state index in [1.165, 1.54) is 6.21 Å². The number of rotatable bonds is 7. The number of hydrogen-bond acceptors (Lipinski definition) is 4. The molecule has 0 radical (unpaired) electrons. The van der Waals surface area contributed by atoms with E-state index >= 15 is 0 Å². The van der Waals surface area contributed by atoms with E-state index in [2.05, 4.69) is 11.7 Å². The highest BCUT2D eigenvalue weighted by atomic mass is 16.5. The smallest absolute Gasteiger partial charge is 0.164 e. The summed E-state index contributed by atoms with van der Waals surface area (Å²) in [5.74, 6) is 1.37. The molecule has 4 nitrogen and oxygen atoms in total. The topological polar surface area (TPSA) is 51.1 Å². The van der Waals surface area contributed by atoms with Gasteiger partial charge >= 0.3 is 0 Å². The van der Waals surface area contributed by atoms with Gasteiger partial charge in [0.25, 0.3) is 0 Å². The zero-order valence-electron chi connectivity index (χ0n) is 10.8. The molecule has 0 saturated carbocycles. The van der Waals surface area contributed by atoms with Gasteiger partial charge in [0.1, 0.15) is 0 Å². The maximum absolute atomic E-state index is 8.59. The van der Waals surface area contributed by atoms with Crippen LogP contribution in [0, 0.1) is 0 Å². The van der Waals surface area contributed by atoms with Gasteiger partial charge in [-0.25, -0.2) is 0 Å². The van der Waals surface area contributed by atoms with Crippen molar-refractivity contribution in [2.75, 3.05) is 13.7 Å². The van der Waals surface area contributed by atoms with Crippen molar-refractivity contribution in [3.63, 3.8) is 0 Å². The highest BCUT2D eigenvalue weighted by molar-refractivity contribution is 5.81. The third-order valence-corrected chi connectivity index (χ3v) is 2.40. The molecular weight excluding hydrogens is 230 g/mol. The molecule has 0 bridgehead atoms. The molecule has 1 rings (SSSR count). The summed E-state index contributed by atoms with van der Waals surface area (Å²) in [6.45, 7) is 6.41. The fraction of sp³-hybridized carbons (Fsp3) is 0.357. The number of allylic oxidation sites excluding steroid dienone is 1. The molecule has 1 N–H and O–H groups in total. The third-order valence-electron chi connectivity index (χ3n) is 2.40. The highest BCUT2D eigenvalue weighted by Gasteiger charge is 2.11. The molecular formula is C14H19NO3. The van der Waals surface area contributed by atoms with Crippen LogP contribution in [0.15, 0.2) is 29.9 Å². The fourth-order valence-corrected chi connectivity index (χ4v) is 1.65. The van der Waals surface area contributed by atoms with E-state index in [0.717, 1.165) is 23.3 Å². The molecule has 0 heterocycles. The predicted molar refractivity (Wildman–Crippen MR) is 72.1 cm³/mol. The van der Waals surface area contributed by atoms with Gasteiger partial charge < -0.3 is 14.7 Å². The normalized spacial score (nSPS) is 10.6. The van der Waals surface area contributed by atoms with Crippen LogP contribution in [0.4, 0.5) is 0 Å². The molecule has 0 saturated heterocycles. The Morgan fingerprint density at radius 1 is 1.44 bits per heavy atom. The molecule has 0 aliphatic heterocycles. The molecule has 18 heavy (non-hydrogen) atoms. The van der Waals surface area contributed by atoms with Crippen molar-refractivity contribution in [3.05, 3.63) is 35.9 Å². The minimum atomic E-state index is 0.633. The molecule has 0 amide bonds. The van der Waals surface area contributed by atoms with Crippen molar-refractivity contribution in [2.24, 2.45) is 5.16 Å². The first-order valence-corrected chi connectivity index (χ1v) is 5.88. The minimum Gasteiger partial charge on any atom is -0.493 e. The predicted octanol–water partition coefficient (Wildman–Crippen LogP) is 3.02. The zero-order valence-corrected chi connectivity index (χ0v) is 10.8. The summed E-state index contributed by atoms with van der Waals surface area (Å²) in [6.07, 6.45) is 4.76.